The summed E-state index contributed by atoms with van der Waals surface area (Å²) in [5, 5.41) is 2.64. The molecule has 4 nitrogen and oxygen atoms in total. The van der Waals surface area contributed by atoms with Crippen molar-refractivity contribution in [3.8, 4) is 0 Å². The van der Waals surface area contributed by atoms with Crippen LogP contribution < -0.4 is 5.32 Å². The SMILES string of the molecule is COCCCCNC(=O)c1ccncc1F. The molecule has 1 N–H and O–H groups in total. The Morgan fingerprint density at radius 2 is 2.38 bits per heavy atom. The number of halogens is 1. The molecule has 0 aliphatic heterocycles. The van der Waals surface area contributed by atoms with Gasteiger partial charge in [-0.1, -0.05) is 0 Å². The maximum Gasteiger partial charge on any atom is 0.254 e. The van der Waals surface area contributed by atoms with Crippen LogP contribution in [0.3, 0.4) is 0 Å². The highest BCUT2D eigenvalue weighted by molar-refractivity contribution is 5.94. The van der Waals surface area contributed by atoms with Gasteiger partial charge in [-0.3, -0.25) is 9.78 Å². The molecule has 0 fully saturated rings. The third kappa shape index (κ3) is 3.94. The van der Waals surface area contributed by atoms with Crippen molar-refractivity contribution in [3.63, 3.8) is 0 Å². The number of methoxy groups -OCH3 is 1. The molecule has 0 aromatic carbocycles. The summed E-state index contributed by atoms with van der Waals surface area (Å²) in [6.07, 6.45) is 4.10. The van der Waals surface area contributed by atoms with E-state index in [4.69, 9.17) is 4.74 Å². The number of carbonyl (C=O) groups excluding carboxylic acids is 1. The van der Waals surface area contributed by atoms with Crippen LogP contribution in [0.1, 0.15) is 23.2 Å². The number of amides is 1. The van der Waals surface area contributed by atoms with Crippen LogP contribution in [0.15, 0.2) is 18.5 Å². The monoisotopic (exact) mass is 226 g/mol. The Morgan fingerprint density at radius 3 is 3.06 bits per heavy atom. The largest absolute Gasteiger partial charge is 0.385 e. The van der Waals surface area contributed by atoms with E-state index in [-0.39, 0.29) is 5.56 Å². The predicted molar refractivity (Wildman–Crippen MR) is 57.6 cm³/mol. The number of carbonyl (C=O) groups is 1. The molecule has 0 saturated heterocycles. The number of rotatable bonds is 6. The summed E-state index contributed by atoms with van der Waals surface area (Å²) in [6.45, 7) is 1.18. The summed E-state index contributed by atoms with van der Waals surface area (Å²) < 4.78 is 18.0. The van der Waals surface area contributed by atoms with E-state index in [0.29, 0.717) is 13.2 Å². The van der Waals surface area contributed by atoms with E-state index in [2.05, 4.69) is 10.3 Å². The molecule has 0 bridgehead atoms. The van der Waals surface area contributed by atoms with Crippen molar-refractivity contribution in [3.05, 3.63) is 29.8 Å². The van der Waals surface area contributed by atoms with Gasteiger partial charge in [-0.05, 0) is 18.9 Å². The lowest BCUT2D eigenvalue weighted by Crippen LogP contribution is -2.25. The van der Waals surface area contributed by atoms with Crippen molar-refractivity contribution in [2.75, 3.05) is 20.3 Å². The van der Waals surface area contributed by atoms with E-state index < -0.39 is 11.7 Å². The normalized spacial score (nSPS) is 10.1. The number of hydrogen-bond acceptors (Lipinski definition) is 3. The van der Waals surface area contributed by atoms with Crippen LogP contribution in [-0.4, -0.2) is 31.2 Å². The van der Waals surface area contributed by atoms with Gasteiger partial charge in [0.2, 0.25) is 0 Å². The van der Waals surface area contributed by atoms with Gasteiger partial charge in [0.25, 0.3) is 5.91 Å². The van der Waals surface area contributed by atoms with Gasteiger partial charge >= 0.3 is 0 Å². The molecule has 0 radical (unpaired) electrons. The molecule has 0 spiro atoms. The van der Waals surface area contributed by atoms with Gasteiger partial charge in [0.15, 0.2) is 5.82 Å². The molecule has 1 aromatic rings. The first kappa shape index (κ1) is 12.6. The number of nitrogens with zero attached hydrogens (tertiary/aromatic N) is 1. The molecule has 0 saturated carbocycles. The number of pyridine rings is 1. The fourth-order valence-corrected chi connectivity index (χ4v) is 1.23. The van der Waals surface area contributed by atoms with Gasteiger partial charge < -0.3 is 10.1 Å². The van der Waals surface area contributed by atoms with Crippen LogP contribution in [0, 0.1) is 5.82 Å². The Bertz CT molecular complexity index is 345. The van der Waals surface area contributed by atoms with Crippen molar-refractivity contribution in [2.24, 2.45) is 0 Å². The summed E-state index contributed by atoms with van der Waals surface area (Å²) in [4.78, 5) is 15.1. The van der Waals surface area contributed by atoms with Crippen LogP contribution in [0.4, 0.5) is 4.39 Å². The van der Waals surface area contributed by atoms with Crippen LogP contribution in [0.2, 0.25) is 0 Å². The van der Waals surface area contributed by atoms with E-state index in [9.17, 15) is 9.18 Å². The molecular weight excluding hydrogens is 211 g/mol. The van der Waals surface area contributed by atoms with Crippen LogP contribution in [0.25, 0.3) is 0 Å². The first-order valence-corrected chi connectivity index (χ1v) is 5.12. The first-order chi connectivity index (χ1) is 7.75. The zero-order valence-electron chi connectivity index (χ0n) is 9.20. The standard InChI is InChI=1S/C11H15FN2O2/c1-16-7-3-2-5-14-11(15)9-4-6-13-8-10(9)12/h4,6,8H,2-3,5,7H2,1H3,(H,14,15). The molecule has 0 aliphatic rings. The van der Waals surface area contributed by atoms with E-state index in [1.54, 1.807) is 7.11 Å². The molecule has 16 heavy (non-hydrogen) atoms. The number of unbranched alkanes of at least 4 members (excludes halogenated alkanes) is 1. The Balaban J connectivity index is 2.33. The molecule has 0 aliphatic carbocycles. The number of ether oxygens (including phenoxy) is 1. The highest BCUT2D eigenvalue weighted by Crippen LogP contribution is 2.03. The molecule has 1 rings (SSSR count). The Morgan fingerprint density at radius 1 is 1.56 bits per heavy atom. The Hall–Kier alpha value is -1.49. The molecule has 1 amide bonds. The van der Waals surface area contributed by atoms with E-state index >= 15 is 0 Å². The molecule has 1 heterocycles. The quantitative estimate of drug-likeness (QED) is 0.745. The van der Waals surface area contributed by atoms with Crippen LogP contribution in [0.5, 0.6) is 0 Å². The van der Waals surface area contributed by atoms with Gasteiger partial charge in [-0.25, -0.2) is 4.39 Å². The molecule has 88 valence electrons. The summed E-state index contributed by atoms with van der Waals surface area (Å²) >= 11 is 0. The van der Waals surface area contributed by atoms with E-state index in [1.807, 2.05) is 0 Å². The van der Waals surface area contributed by atoms with Crippen molar-refractivity contribution < 1.29 is 13.9 Å². The lowest BCUT2D eigenvalue weighted by Gasteiger charge is -2.05. The fraction of sp³-hybridized carbons (Fsp3) is 0.455. The zero-order valence-corrected chi connectivity index (χ0v) is 9.20. The summed E-state index contributed by atoms with van der Waals surface area (Å²) in [5.41, 5.74) is 0.0294. The van der Waals surface area contributed by atoms with Crippen molar-refractivity contribution in [2.45, 2.75) is 12.8 Å². The minimum atomic E-state index is -0.600. The van der Waals surface area contributed by atoms with Gasteiger partial charge in [-0.2, -0.15) is 0 Å². The second-order valence-corrected chi connectivity index (χ2v) is 3.31. The zero-order chi connectivity index (χ0) is 11.8. The minimum Gasteiger partial charge on any atom is -0.385 e. The van der Waals surface area contributed by atoms with Gasteiger partial charge in [-0.15, -0.1) is 0 Å². The lowest BCUT2D eigenvalue weighted by atomic mass is 10.2. The van der Waals surface area contributed by atoms with E-state index in [1.165, 1.54) is 12.3 Å². The predicted octanol–water partition coefficient (Wildman–Crippen LogP) is 1.38. The van der Waals surface area contributed by atoms with Crippen molar-refractivity contribution in [1.29, 1.82) is 0 Å². The second-order valence-electron chi connectivity index (χ2n) is 3.31. The smallest absolute Gasteiger partial charge is 0.254 e. The number of aromatic nitrogens is 1. The highest BCUT2D eigenvalue weighted by atomic mass is 19.1. The summed E-state index contributed by atoms with van der Waals surface area (Å²) in [6, 6.07) is 1.36. The van der Waals surface area contributed by atoms with Crippen LogP contribution >= 0.6 is 0 Å². The Labute approximate surface area is 93.8 Å². The molecule has 1 aromatic heterocycles. The molecule has 0 atom stereocenters. The Kier molecular flexibility index (Phi) is 5.42. The average Bonchev–Trinajstić information content (AvgIpc) is 2.29. The molecular formula is C11H15FN2O2. The number of nitrogens with one attached hydrogen (secondary N) is 1. The summed E-state index contributed by atoms with van der Waals surface area (Å²) in [5.74, 6) is -1.01. The van der Waals surface area contributed by atoms with Crippen molar-refractivity contribution in [1.82, 2.24) is 10.3 Å². The third-order valence-corrected chi connectivity index (χ3v) is 2.08. The topological polar surface area (TPSA) is 51.2 Å². The van der Waals surface area contributed by atoms with Gasteiger partial charge in [0, 0.05) is 26.5 Å². The van der Waals surface area contributed by atoms with Crippen molar-refractivity contribution >= 4 is 5.91 Å². The third-order valence-electron chi connectivity index (χ3n) is 2.08. The van der Waals surface area contributed by atoms with E-state index in [0.717, 1.165) is 19.0 Å². The summed E-state index contributed by atoms with van der Waals surface area (Å²) in [7, 11) is 1.63. The highest BCUT2D eigenvalue weighted by Gasteiger charge is 2.09. The first-order valence-electron chi connectivity index (χ1n) is 5.12. The van der Waals surface area contributed by atoms with Crippen LogP contribution in [-0.2, 0) is 4.74 Å². The fourth-order valence-electron chi connectivity index (χ4n) is 1.23. The van der Waals surface area contributed by atoms with Gasteiger partial charge in [0.1, 0.15) is 0 Å². The second kappa shape index (κ2) is 6.90. The molecule has 5 heteroatoms. The molecule has 0 unspecified atom stereocenters. The van der Waals surface area contributed by atoms with Gasteiger partial charge in [0.05, 0.1) is 11.8 Å². The number of hydrogen-bond donors (Lipinski definition) is 1. The minimum absolute atomic E-state index is 0.0294. The average molecular weight is 226 g/mol. The maximum absolute atomic E-state index is 13.1. The lowest BCUT2D eigenvalue weighted by molar-refractivity contribution is 0.0947. The maximum atomic E-state index is 13.1.